The maximum absolute atomic E-state index is 11.7. The van der Waals surface area contributed by atoms with Crippen molar-refractivity contribution in [2.24, 2.45) is 0 Å². The molecule has 0 bridgehead atoms. The zero-order valence-corrected chi connectivity index (χ0v) is 13.2. The van der Waals surface area contributed by atoms with E-state index < -0.39 is 0 Å². The minimum atomic E-state index is -0.192. The van der Waals surface area contributed by atoms with Gasteiger partial charge in [-0.05, 0) is 36.2 Å². The van der Waals surface area contributed by atoms with E-state index in [4.69, 9.17) is 9.47 Å². The third kappa shape index (κ3) is 6.27. The van der Waals surface area contributed by atoms with Gasteiger partial charge in [-0.15, -0.1) is 0 Å². The molecule has 2 aromatic carbocycles. The van der Waals surface area contributed by atoms with Crippen molar-refractivity contribution >= 4 is 5.97 Å². The molecule has 118 valence electrons. The third-order valence-corrected chi connectivity index (χ3v) is 3.25. The number of rotatable bonds is 6. The van der Waals surface area contributed by atoms with Crippen LogP contribution in [0.5, 0.6) is 5.75 Å². The number of benzene rings is 2. The molecule has 0 spiro atoms. The van der Waals surface area contributed by atoms with Gasteiger partial charge in [0.2, 0.25) is 0 Å². The van der Waals surface area contributed by atoms with Crippen LogP contribution in [0.2, 0.25) is 0 Å². The molecular weight excluding hydrogens is 288 g/mol. The molecular formula is C20H20O3. The van der Waals surface area contributed by atoms with Crippen molar-refractivity contribution in [2.45, 2.75) is 25.9 Å². The fourth-order valence-electron chi connectivity index (χ4n) is 1.96. The van der Waals surface area contributed by atoms with E-state index in [2.05, 4.69) is 11.8 Å². The number of carbonyl (C=O) groups is 1. The Balaban J connectivity index is 1.64. The van der Waals surface area contributed by atoms with Crippen molar-refractivity contribution in [3.8, 4) is 17.6 Å². The van der Waals surface area contributed by atoms with E-state index in [0.29, 0.717) is 25.9 Å². The van der Waals surface area contributed by atoms with Gasteiger partial charge in [-0.3, -0.25) is 4.79 Å². The molecule has 0 heterocycles. The van der Waals surface area contributed by atoms with E-state index in [-0.39, 0.29) is 5.97 Å². The Morgan fingerprint density at radius 1 is 1.04 bits per heavy atom. The lowest BCUT2D eigenvalue weighted by Gasteiger charge is -2.05. The number of esters is 1. The average molecular weight is 308 g/mol. The van der Waals surface area contributed by atoms with Crippen LogP contribution < -0.4 is 4.74 Å². The maximum atomic E-state index is 11.7. The Hall–Kier alpha value is -2.73. The van der Waals surface area contributed by atoms with Crippen LogP contribution in [0.3, 0.4) is 0 Å². The summed E-state index contributed by atoms with van der Waals surface area (Å²) in [5.74, 6) is 6.74. The lowest BCUT2D eigenvalue weighted by molar-refractivity contribution is -0.145. The van der Waals surface area contributed by atoms with Crippen molar-refractivity contribution in [1.82, 2.24) is 0 Å². The Labute approximate surface area is 137 Å². The highest BCUT2D eigenvalue weighted by molar-refractivity contribution is 5.69. The van der Waals surface area contributed by atoms with Crippen LogP contribution in [0.1, 0.15) is 30.4 Å². The highest BCUT2D eigenvalue weighted by Gasteiger charge is 2.03. The van der Waals surface area contributed by atoms with E-state index >= 15 is 0 Å². The number of carbonyl (C=O) groups excluding carboxylic acids is 1. The highest BCUT2D eigenvalue weighted by Crippen LogP contribution is 2.12. The van der Waals surface area contributed by atoms with Crippen molar-refractivity contribution in [2.75, 3.05) is 7.11 Å². The number of hydrogen-bond acceptors (Lipinski definition) is 3. The molecule has 2 rings (SSSR count). The van der Waals surface area contributed by atoms with Crippen LogP contribution in [0.15, 0.2) is 54.6 Å². The first-order valence-corrected chi connectivity index (χ1v) is 7.60. The topological polar surface area (TPSA) is 35.5 Å². The lowest BCUT2D eigenvalue weighted by Crippen LogP contribution is -2.04. The molecule has 0 atom stereocenters. The summed E-state index contributed by atoms with van der Waals surface area (Å²) in [4.78, 5) is 11.7. The van der Waals surface area contributed by atoms with Crippen LogP contribution in [0, 0.1) is 11.8 Å². The summed E-state index contributed by atoms with van der Waals surface area (Å²) in [6, 6.07) is 17.3. The van der Waals surface area contributed by atoms with Gasteiger partial charge in [-0.2, -0.15) is 0 Å². The van der Waals surface area contributed by atoms with Gasteiger partial charge in [0.15, 0.2) is 0 Å². The second kappa shape index (κ2) is 9.32. The van der Waals surface area contributed by atoms with Gasteiger partial charge >= 0.3 is 5.97 Å². The molecule has 0 unspecified atom stereocenters. The summed E-state index contributed by atoms with van der Waals surface area (Å²) in [7, 11) is 1.62. The minimum absolute atomic E-state index is 0.192. The number of hydrogen-bond donors (Lipinski definition) is 0. The molecule has 23 heavy (non-hydrogen) atoms. The molecule has 0 aromatic heterocycles. The predicted molar refractivity (Wildman–Crippen MR) is 90.0 cm³/mol. The van der Waals surface area contributed by atoms with E-state index in [0.717, 1.165) is 16.9 Å². The summed E-state index contributed by atoms with van der Waals surface area (Å²) in [6.45, 7) is 0.290. The number of methoxy groups -OCH3 is 1. The molecule has 0 aliphatic heterocycles. The van der Waals surface area contributed by atoms with Crippen LogP contribution in [-0.2, 0) is 16.1 Å². The second-order valence-corrected chi connectivity index (χ2v) is 5.03. The standard InChI is InChI=1S/C20H20O3/c1-22-19-14-12-18(13-15-19)16-23-20(21)11-7-3-6-10-17-8-4-2-5-9-17/h2,4-5,8-9,12-15H,3,7,11,16H2,1H3. The molecule has 3 nitrogen and oxygen atoms in total. The minimum Gasteiger partial charge on any atom is -0.497 e. The number of ether oxygens (including phenoxy) is 2. The fourth-order valence-corrected chi connectivity index (χ4v) is 1.96. The molecule has 0 saturated heterocycles. The van der Waals surface area contributed by atoms with E-state index in [1.165, 1.54) is 0 Å². The quantitative estimate of drug-likeness (QED) is 0.460. The fraction of sp³-hybridized carbons (Fsp3) is 0.250. The average Bonchev–Trinajstić information content (AvgIpc) is 2.61. The Bertz CT molecular complexity index is 664. The van der Waals surface area contributed by atoms with E-state index in [9.17, 15) is 4.79 Å². The first-order chi connectivity index (χ1) is 11.3. The van der Waals surface area contributed by atoms with Gasteiger partial charge in [-0.25, -0.2) is 0 Å². The second-order valence-electron chi connectivity index (χ2n) is 5.03. The van der Waals surface area contributed by atoms with E-state index in [1.807, 2.05) is 54.6 Å². The molecule has 0 fully saturated rings. The molecule has 3 heteroatoms. The van der Waals surface area contributed by atoms with Gasteiger partial charge in [0.05, 0.1) is 7.11 Å². The zero-order chi connectivity index (χ0) is 16.3. The Morgan fingerprint density at radius 3 is 2.48 bits per heavy atom. The first kappa shape index (κ1) is 16.6. The Morgan fingerprint density at radius 2 is 1.78 bits per heavy atom. The van der Waals surface area contributed by atoms with Gasteiger partial charge in [0.25, 0.3) is 0 Å². The molecule has 0 aliphatic carbocycles. The van der Waals surface area contributed by atoms with Crippen LogP contribution >= 0.6 is 0 Å². The van der Waals surface area contributed by atoms with Gasteiger partial charge in [0.1, 0.15) is 12.4 Å². The normalized spacial score (nSPS) is 9.61. The lowest BCUT2D eigenvalue weighted by atomic mass is 10.2. The number of unbranched alkanes of at least 4 members (excludes halogenated alkanes) is 1. The van der Waals surface area contributed by atoms with Crippen molar-refractivity contribution in [3.63, 3.8) is 0 Å². The zero-order valence-electron chi connectivity index (χ0n) is 13.2. The summed E-state index contributed by atoms with van der Waals surface area (Å²) < 4.78 is 10.3. The molecule has 0 radical (unpaired) electrons. The van der Waals surface area contributed by atoms with Crippen LogP contribution in [0.25, 0.3) is 0 Å². The highest BCUT2D eigenvalue weighted by atomic mass is 16.5. The largest absolute Gasteiger partial charge is 0.497 e. The summed E-state index contributed by atoms with van der Waals surface area (Å²) in [6.07, 6.45) is 1.79. The van der Waals surface area contributed by atoms with Gasteiger partial charge < -0.3 is 9.47 Å². The molecule has 0 N–H and O–H groups in total. The van der Waals surface area contributed by atoms with Crippen molar-refractivity contribution in [1.29, 1.82) is 0 Å². The summed E-state index contributed by atoms with van der Waals surface area (Å²) >= 11 is 0. The first-order valence-electron chi connectivity index (χ1n) is 7.60. The summed E-state index contributed by atoms with van der Waals surface area (Å²) in [5.41, 5.74) is 1.94. The van der Waals surface area contributed by atoms with Gasteiger partial charge in [0, 0.05) is 18.4 Å². The Kier molecular flexibility index (Phi) is 6.74. The van der Waals surface area contributed by atoms with E-state index in [1.54, 1.807) is 7.11 Å². The van der Waals surface area contributed by atoms with Gasteiger partial charge in [-0.1, -0.05) is 42.2 Å². The maximum Gasteiger partial charge on any atom is 0.306 e. The molecule has 2 aromatic rings. The van der Waals surface area contributed by atoms with Crippen LogP contribution in [0.4, 0.5) is 0 Å². The van der Waals surface area contributed by atoms with Crippen molar-refractivity contribution in [3.05, 3.63) is 65.7 Å². The predicted octanol–water partition coefficient (Wildman–Crippen LogP) is 3.96. The van der Waals surface area contributed by atoms with Crippen molar-refractivity contribution < 1.29 is 14.3 Å². The molecule has 0 aliphatic rings. The molecule has 0 saturated carbocycles. The van der Waals surface area contributed by atoms with Crippen LogP contribution in [-0.4, -0.2) is 13.1 Å². The molecule has 0 amide bonds. The smallest absolute Gasteiger partial charge is 0.306 e. The monoisotopic (exact) mass is 308 g/mol. The third-order valence-electron chi connectivity index (χ3n) is 3.25. The SMILES string of the molecule is COc1ccc(COC(=O)CCCC#Cc2ccccc2)cc1. The summed E-state index contributed by atoms with van der Waals surface area (Å²) in [5, 5.41) is 0.